The van der Waals surface area contributed by atoms with Gasteiger partial charge in [-0.25, -0.2) is 4.39 Å². The van der Waals surface area contributed by atoms with Gasteiger partial charge in [0.25, 0.3) is 0 Å². The lowest BCUT2D eigenvalue weighted by molar-refractivity contribution is 0.303. The van der Waals surface area contributed by atoms with Gasteiger partial charge in [-0.05, 0) is 61.7 Å². The van der Waals surface area contributed by atoms with Crippen LogP contribution in [-0.2, 0) is 6.42 Å². The van der Waals surface area contributed by atoms with Gasteiger partial charge in [0, 0.05) is 6.04 Å². The molecule has 2 nitrogen and oxygen atoms in total. The van der Waals surface area contributed by atoms with Crippen LogP contribution in [0.1, 0.15) is 30.0 Å². The van der Waals surface area contributed by atoms with Crippen LogP contribution in [0.4, 0.5) is 4.39 Å². The summed E-state index contributed by atoms with van der Waals surface area (Å²) in [7, 11) is 1.93. The van der Waals surface area contributed by atoms with Crippen LogP contribution in [0.5, 0.6) is 5.75 Å². The third-order valence-corrected chi connectivity index (χ3v) is 3.79. The minimum absolute atomic E-state index is 0.168. The molecule has 1 N–H and O–H groups in total. The van der Waals surface area contributed by atoms with Crippen LogP contribution in [0.15, 0.2) is 48.5 Å². The van der Waals surface area contributed by atoms with Crippen molar-refractivity contribution < 1.29 is 9.13 Å². The van der Waals surface area contributed by atoms with Gasteiger partial charge in [0.1, 0.15) is 11.6 Å². The summed E-state index contributed by atoms with van der Waals surface area (Å²) in [5, 5.41) is 3.30. The zero-order chi connectivity index (χ0) is 14.7. The third kappa shape index (κ3) is 3.82. The molecule has 1 aliphatic carbocycles. The van der Waals surface area contributed by atoms with Gasteiger partial charge in [0.2, 0.25) is 0 Å². The molecule has 0 aromatic heterocycles. The first-order chi connectivity index (χ1) is 10.2. The second kappa shape index (κ2) is 6.27. The number of likely N-dealkylation sites (N-methyl/N-ethyl adjacent to an activating group) is 1. The molecule has 3 rings (SSSR count). The molecule has 0 bridgehead atoms. The van der Waals surface area contributed by atoms with Gasteiger partial charge in [-0.15, -0.1) is 0 Å². The smallest absolute Gasteiger partial charge is 0.123 e. The maximum Gasteiger partial charge on any atom is 0.123 e. The number of nitrogens with one attached hydrogen (secondary N) is 1. The Labute approximate surface area is 125 Å². The fourth-order valence-corrected chi connectivity index (χ4v) is 2.44. The summed E-state index contributed by atoms with van der Waals surface area (Å²) in [6.45, 7) is 0. The highest BCUT2D eigenvalue weighted by molar-refractivity contribution is 5.31. The summed E-state index contributed by atoms with van der Waals surface area (Å²) in [5.41, 5.74) is 2.18. The second-order valence-electron chi connectivity index (χ2n) is 5.56. The predicted octanol–water partition coefficient (Wildman–Crippen LogP) is 3.87. The molecule has 0 saturated heterocycles. The van der Waals surface area contributed by atoms with Gasteiger partial charge >= 0.3 is 0 Å². The molecule has 0 amide bonds. The van der Waals surface area contributed by atoms with Crippen molar-refractivity contribution in [1.29, 1.82) is 0 Å². The van der Waals surface area contributed by atoms with Crippen LogP contribution in [0, 0.1) is 5.82 Å². The Morgan fingerprint density at radius 1 is 1.19 bits per heavy atom. The van der Waals surface area contributed by atoms with Gasteiger partial charge in [0.05, 0.1) is 6.10 Å². The zero-order valence-electron chi connectivity index (χ0n) is 12.2. The summed E-state index contributed by atoms with van der Waals surface area (Å²) in [5.74, 6) is 0.748. The van der Waals surface area contributed by atoms with Crippen molar-refractivity contribution in [2.75, 3.05) is 7.05 Å². The first-order valence-electron chi connectivity index (χ1n) is 7.43. The van der Waals surface area contributed by atoms with Gasteiger partial charge in [0.15, 0.2) is 0 Å². The topological polar surface area (TPSA) is 21.3 Å². The van der Waals surface area contributed by atoms with E-state index in [9.17, 15) is 4.39 Å². The number of hydrogen-bond donors (Lipinski definition) is 1. The summed E-state index contributed by atoms with van der Waals surface area (Å²) in [6.07, 6.45) is 3.51. The van der Waals surface area contributed by atoms with E-state index < -0.39 is 0 Å². The van der Waals surface area contributed by atoms with Crippen LogP contribution in [0.25, 0.3) is 0 Å². The molecule has 2 aromatic rings. The Kier molecular flexibility index (Phi) is 4.20. The molecule has 1 fully saturated rings. The minimum Gasteiger partial charge on any atom is -0.490 e. The van der Waals surface area contributed by atoms with Crippen LogP contribution >= 0.6 is 0 Å². The van der Waals surface area contributed by atoms with E-state index in [0.717, 1.165) is 17.7 Å². The molecule has 110 valence electrons. The summed E-state index contributed by atoms with van der Waals surface area (Å²) < 4.78 is 19.0. The van der Waals surface area contributed by atoms with Crippen LogP contribution < -0.4 is 10.1 Å². The van der Waals surface area contributed by atoms with E-state index in [2.05, 4.69) is 17.4 Å². The molecule has 0 heterocycles. The van der Waals surface area contributed by atoms with Crippen molar-refractivity contribution in [3.05, 3.63) is 65.5 Å². The van der Waals surface area contributed by atoms with Crippen molar-refractivity contribution in [2.24, 2.45) is 0 Å². The van der Waals surface area contributed by atoms with E-state index in [1.54, 1.807) is 12.1 Å². The Balaban J connectivity index is 1.69. The lowest BCUT2D eigenvalue weighted by Gasteiger charge is -2.17. The maximum atomic E-state index is 13.3. The fraction of sp³-hybridized carbons (Fsp3) is 0.333. The number of ether oxygens (including phenoxy) is 1. The molecular weight excluding hydrogens is 265 g/mol. The van der Waals surface area contributed by atoms with Crippen molar-refractivity contribution in [3.8, 4) is 5.75 Å². The Bertz CT molecular complexity index is 592. The highest BCUT2D eigenvalue weighted by Crippen LogP contribution is 2.28. The Morgan fingerprint density at radius 2 is 1.95 bits per heavy atom. The van der Waals surface area contributed by atoms with Crippen molar-refractivity contribution >= 4 is 0 Å². The standard InChI is InChI=1S/C18H20FNO/c1-20-18(12-13-3-2-4-15(19)11-13)14-5-7-16(8-6-14)21-17-9-10-17/h2-8,11,17-18,20H,9-10,12H2,1H3. The summed E-state index contributed by atoms with van der Waals surface area (Å²) in [4.78, 5) is 0. The molecule has 1 aliphatic rings. The van der Waals surface area contributed by atoms with Crippen molar-refractivity contribution in [2.45, 2.75) is 31.4 Å². The van der Waals surface area contributed by atoms with Crippen molar-refractivity contribution in [1.82, 2.24) is 5.32 Å². The maximum absolute atomic E-state index is 13.3. The molecule has 0 spiro atoms. The highest BCUT2D eigenvalue weighted by Gasteiger charge is 2.23. The van der Waals surface area contributed by atoms with Gasteiger partial charge < -0.3 is 10.1 Å². The molecule has 1 saturated carbocycles. The highest BCUT2D eigenvalue weighted by atomic mass is 19.1. The van der Waals surface area contributed by atoms with E-state index in [0.29, 0.717) is 6.10 Å². The monoisotopic (exact) mass is 285 g/mol. The average molecular weight is 285 g/mol. The number of hydrogen-bond acceptors (Lipinski definition) is 2. The molecule has 0 radical (unpaired) electrons. The Morgan fingerprint density at radius 3 is 2.57 bits per heavy atom. The molecular formula is C18H20FNO. The molecule has 1 atom stereocenters. The predicted molar refractivity (Wildman–Crippen MR) is 82.0 cm³/mol. The van der Waals surface area contributed by atoms with Crippen LogP contribution in [0.2, 0.25) is 0 Å². The summed E-state index contributed by atoms with van der Waals surface area (Å²) >= 11 is 0. The largest absolute Gasteiger partial charge is 0.490 e. The van der Waals surface area contributed by atoms with E-state index in [4.69, 9.17) is 4.74 Å². The summed E-state index contributed by atoms with van der Waals surface area (Å²) in [6, 6.07) is 15.1. The fourth-order valence-electron chi connectivity index (χ4n) is 2.44. The van der Waals surface area contributed by atoms with Crippen LogP contribution in [0.3, 0.4) is 0 Å². The first kappa shape index (κ1) is 14.1. The zero-order valence-corrected chi connectivity index (χ0v) is 12.2. The molecule has 3 heteroatoms. The second-order valence-corrected chi connectivity index (χ2v) is 5.56. The first-order valence-corrected chi connectivity index (χ1v) is 7.43. The third-order valence-electron chi connectivity index (χ3n) is 3.79. The number of halogens is 1. The van der Waals surface area contributed by atoms with E-state index in [-0.39, 0.29) is 11.9 Å². The Hall–Kier alpha value is -1.87. The van der Waals surface area contributed by atoms with Crippen LogP contribution in [-0.4, -0.2) is 13.2 Å². The lowest BCUT2D eigenvalue weighted by atomic mass is 9.99. The van der Waals surface area contributed by atoms with Gasteiger partial charge in [-0.3, -0.25) is 0 Å². The van der Waals surface area contributed by atoms with Gasteiger partial charge in [-0.2, -0.15) is 0 Å². The molecule has 2 aromatic carbocycles. The molecule has 0 aliphatic heterocycles. The number of rotatable bonds is 6. The van der Waals surface area contributed by atoms with Gasteiger partial charge in [-0.1, -0.05) is 24.3 Å². The molecule has 21 heavy (non-hydrogen) atoms. The average Bonchev–Trinajstić information content (AvgIpc) is 3.30. The SMILES string of the molecule is CNC(Cc1cccc(F)c1)c1ccc(OC2CC2)cc1. The van der Waals surface area contributed by atoms with E-state index in [1.165, 1.54) is 24.5 Å². The van der Waals surface area contributed by atoms with E-state index >= 15 is 0 Å². The van der Waals surface area contributed by atoms with E-state index in [1.807, 2.05) is 25.2 Å². The normalized spacial score (nSPS) is 15.7. The lowest BCUT2D eigenvalue weighted by Crippen LogP contribution is -2.18. The van der Waals surface area contributed by atoms with Crippen molar-refractivity contribution in [3.63, 3.8) is 0 Å². The quantitative estimate of drug-likeness (QED) is 0.870. The molecule has 1 unspecified atom stereocenters. The minimum atomic E-state index is -0.185. The number of benzene rings is 2.